The molecule has 2 amide bonds. The van der Waals surface area contributed by atoms with E-state index in [1.54, 1.807) is 20.8 Å². The van der Waals surface area contributed by atoms with E-state index < -0.39 is 35.9 Å². The molecule has 10 nitrogen and oxygen atoms in total. The number of nitrogens with one attached hydrogen (secondary N) is 1. The third-order valence-electron chi connectivity index (χ3n) is 6.63. The molecule has 1 aromatic carbocycles. The molecule has 2 heterocycles. The number of nitrogens with zero attached hydrogens (tertiary/aromatic N) is 3. The summed E-state index contributed by atoms with van der Waals surface area (Å²) in [6.07, 6.45) is 5.31. The molecule has 2 aromatic rings. The number of aromatic nitrogens is 2. The lowest BCUT2D eigenvalue weighted by molar-refractivity contribution is -0.151. The zero-order chi connectivity index (χ0) is 29.3. The Kier molecular flexibility index (Phi) is 10.9. The number of carbonyl (C=O) groups excluding carboxylic acids is 3. The predicted octanol–water partition coefficient (Wildman–Crippen LogP) is 4.74. The molecule has 0 aliphatic carbocycles. The summed E-state index contributed by atoms with van der Waals surface area (Å²) < 4.78 is 16.7. The van der Waals surface area contributed by atoms with Gasteiger partial charge in [-0.05, 0) is 58.6 Å². The van der Waals surface area contributed by atoms with Crippen LogP contribution in [0.4, 0.5) is 4.79 Å². The molecule has 1 aromatic heterocycles. The van der Waals surface area contributed by atoms with Gasteiger partial charge in [0.15, 0.2) is 0 Å². The Labute approximate surface area is 236 Å². The quantitative estimate of drug-likeness (QED) is 0.227. The van der Waals surface area contributed by atoms with E-state index in [0.717, 1.165) is 24.8 Å². The average Bonchev–Trinajstić information content (AvgIpc) is 3.33. The van der Waals surface area contributed by atoms with Crippen LogP contribution in [0.3, 0.4) is 0 Å². The highest BCUT2D eigenvalue weighted by atomic mass is 16.6. The minimum Gasteiger partial charge on any atom is -0.471 e. The van der Waals surface area contributed by atoms with Crippen LogP contribution < -0.4 is 10.1 Å². The highest BCUT2D eigenvalue weighted by Crippen LogP contribution is 2.27. The molecular formula is C30H42N4O6. The number of ether oxygens (including phenoxy) is 3. The maximum absolute atomic E-state index is 13.8. The normalized spacial score (nSPS) is 17.8. The standard InChI is InChI=1S/C30H42N4O6/c1-7-9-10-11-12-17-24(33-29(37)40-30(3,4)5)27(35)34-19-20(18-25(34)28(36)38-6)39-26-21(8-2)31-22-15-13-14-16-23(22)32-26/h7,13-16,20,24-25H,1,8-12,17-19H2,2-6H3,(H,33,37)/t20-,24+,25+/m1/s1. The van der Waals surface area contributed by atoms with Gasteiger partial charge in [0, 0.05) is 6.42 Å². The van der Waals surface area contributed by atoms with Crippen molar-refractivity contribution in [2.75, 3.05) is 13.7 Å². The molecule has 1 fully saturated rings. The van der Waals surface area contributed by atoms with Crippen molar-refractivity contribution < 1.29 is 28.6 Å². The number of rotatable bonds is 12. The van der Waals surface area contributed by atoms with Crippen LogP contribution in [-0.2, 0) is 25.5 Å². The van der Waals surface area contributed by atoms with Gasteiger partial charge in [-0.3, -0.25) is 4.79 Å². The van der Waals surface area contributed by atoms with Crippen LogP contribution in [-0.4, -0.2) is 70.3 Å². The summed E-state index contributed by atoms with van der Waals surface area (Å²) in [7, 11) is 1.29. The maximum Gasteiger partial charge on any atom is 0.408 e. The van der Waals surface area contributed by atoms with E-state index in [2.05, 4.69) is 21.9 Å². The van der Waals surface area contributed by atoms with Crippen molar-refractivity contribution >= 4 is 29.0 Å². The van der Waals surface area contributed by atoms with Crippen molar-refractivity contribution in [3.63, 3.8) is 0 Å². The molecule has 40 heavy (non-hydrogen) atoms. The van der Waals surface area contributed by atoms with Gasteiger partial charge in [-0.25, -0.2) is 19.6 Å². The number of allylic oxidation sites excluding steroid dienone is 1. The van der Waals surface area contributed by atoms with E-state index in [9.17, 15) is 14.4 Å². The van der Waals surface area contributed by atoms with E-state index in [-0.39, 0.29) is 18.9 Å². The van der Waals surface area contributed by atoms with Gasteiger partial charge in [-0.15, -0.1) is 6.58 Å². The zero-order valence-corrected chi connectivity index (χ0v) is 24.3. The molecule has 3 rings (SSSR count). The largest absolute Gasteiger partial charge is 0.471 e. The molecule has 1 aliphatic heterocycles. The number of para-hydroxylation sites is 2. The van der Waals surface area contributed by atoms with Crippen molar-refractivity contribution in [1.82, 2.24) is 20.2 Å². The molecule has 1 aliphatic rings. The number of methoxy groups -OCH3 is 1. The number of amides is 2. The second-order valence-corrected chi connectivity index (χ2v) is 10.9. The summed E-state index contributed by atoms with van der Waals surface area (Å²) in [5.74, 6) is -0.534. The van der Waals surface area contributed by atoms with Gasteiger partial charge in [0.2, 0.25) is 11.8 Å². The number of benzene rings is 1. The summed E-state index contributed by atoms with van der Waals surface area (Å²) in [6.45, 7) is 11.1. The number of unbranched alkanes of at least 4 members (excludes halogenated alkanes) is 3. The van der Waals surface area contributed by atoms with E-state index in [1.165, 1.54) is 12.0 Å². The molecule has 10 heteroatoms. The Hall–Kier alpha value is -3.69. The topological polar surface area (TPSA) is 120 Å². The molecule has 0 spiro atoms. The summed E-state index contributed by atoms with van der Waals surface area (Å²) in [4.78, 5) is 50.0. The molecule has 1 N–H and O–H groups in total. The van der Waals surface area contributed by atoms with Gasteiger partial charge in [0.25, 0.3) is 0 Å². The van der Waals surface area contributed by atoms with Gasteiger partial charge in [0.1, 0.15) is 29.5 Å². The second kappa shape index (κ2) is 14.1. The number of likely N-dealkylation sites (tertiary alicyclic amines) is 1. The fourth-order valence-electron chi connectivity index (χ4n) is 4.71. The highest BCUT2D eigenvalue weighted by molar-refractivity contribution is 5.90. The monoisotopic (exact) mass is 554 g/mol. The van der Waals surface area contributed by atoms with Crippen molar-refractivity contribution in [1.29, 1.82) is 0 Å². The third kappa shape index (κ3) is 8.40. The van der Waals surface area contributed by atoms with Crippen LogP contribution >= 0.6 is 0 Å². The van der Waals surface area contributed by atoms with Crippen LogP contribution in [0.25, 0.3) is 11.0 Å². The van der Waals surface area contributed by atoms with E-state index in [1.807, 2.05) is 37.3 Å². The fourth-order valence-corrected chi connectivity index (χ4v) is 4.71. The Balaban J connectivity index is 1.81. The zero-order valence-electron chi connectivity index (χ0n) is 24.3. The molecule has 0 radical (unpaired) electrons. The fraction of sp³-hybridized carbons (Fsp3) is 0.567. The van der Waals surface area contributed by atoms with Crippen LogP contribution in [0.2, 0.25) is 0 Å². The summed E-state index contributed by atoms with van der Waals surface area (Å²) in [6, 6.07) is 5.81. The first-order valence-corrected chi connectivity index (χ1v) is 14.0. The van der Waals surface area contributed by atoms with Crippen molar-refractivity contribution in [2.45, 2.75) is 96.4 Å². The Morgan fingerprint density at radius 2 is 1.85 bits per heavy atom. The molecular weight excluding hydrogens is 512 g/mol. The number of esters is 1. The first kappa shape index (κ1) is 30.8. The SMILES string of the molecule is C=CCCCCC[C@H](NC(=O)OC(C)(C)C)C(=O)N1C[C@H](Oc2nc3ccccc3nc2CC)C[C@H]1C(=O)OC. The maximum atomic E-state index is 13.8. The van der Waals surface area contributed by atoms with Crippen molar-refractivity contribution in [3.05, 3.63) is 42.6 Å². The summed E-state index contributed by atoms with van der Waals surface area (Å²) in [5.41, 5.74) is 1.44. The molecule has 0 unspecified atom stereocenters. The highest BCUT2D eigenvalue weighted by Gasteiger charge is 2.44. The van der Waals surface area contributed by atoms with Gasteiger partial charge >= 0.3 is 12.1 Å². The molecule has 0 bridgehead atoms. The molecule has 1 saturated heterocycles. The Bertz CT molecular complexity index is 1190. The lowest BCUT2D eigenvalue weighted by Crippen LogP contribution is -2.52. The number of aryl methyl sites for hydroxylation is 1. The van der Waals surface area contributed by atoms with E-state index in [4.69, 9.17) is 14.2 Å². The number of hydrogen-bond donors (Lipinski definition) is 1. The van der Waals surface area contributed by atoms with Crippen LogP contribution in [0, 0.1) is 0 Å². The third-order valence-corrected chi connectivity index (χ3v) is 6.63. The minimum absolute atomic E-state index is 0.138. The minimum atomic E-state index is -0.865. The van der Waals surface area contributed by atoms with Crippen molar-refractivity contribution in [3.8, 4) is 5.88 Å². The molecule has 0 saturated carbocycles. The van der Waals surface area contributed by atoms with E-state index >= 15 is 0 Å². The number of fused-ring (bicyclic) bond motifs is 1. The Morgan fingerprint density at radius 1 is 1.15 bits per heavy atom. The lowest BCUT2D eigenvalue weighted by Gasteiger charge is -2.29. The second-order valence-electron chi connectivity index (χ2n) is 10.9. The first-order valence-electron chi connectivity index (χ1n) is 14.0. The summed E-state index contributed by atoms with van der Waals surface area (Å²) in [5, 5.41) is 2.73. The molecule has 218 valence electrons. The van der Waals surface area contributed by atoms with Crippen LogP contribution in [0.1, 0.15) is 71.9 Å². The predicted molar refractivity (Wildman–Crippen MR) is 152 cm³/mol. The van der Waals surface area contributed by atoms with Crippen LogP contribution in [0.5, 0.6) is 5.88 Å². The van der Waals surface area contributed by atoms with Crippen LogP contribution in [0.15, 0.2) is 36.9 Å². The average molecular weight is 555 g/mol. The smallest absolute Gasteiger partial charge is 0.408 e. The first-order chi connectivity index (χ1) is 19.1. The Morgan fingerprint density at radius 3 is 2.48 bits per heavy atom. The lowest BCUT2D eigenvalue weighted by atomic mass is 10.1. The van der Waals surface area contributed by atoms with Gasteiger partial charge in [-0.2, -0.15) is 0 Å². The van der Waals surface area contributed by atoms with Gasteiger partial charge in [-0.1, -0.05) is 38.0 Å². The van der Waals surface area contributed by atoms with E-state index in [0.29, 0.717) is 36.4 Å². The number of carbonyl (C=O) groups is 3. The summed E-state index contributed by atoms with van der Waals surface area (Å²) >= 11 is 0. The van der Waals surface area contributed by atoms with Gasteiger partial charge in [0.05, 0.1) is 24.7 Å². The van der Waals surface area contributed by atoms with Gasteiger partial charge < -0.3 is 24.4 Å². The number of hydrogen-bond acceptors (Lipinski definition) is 8. The van der Waals surface area contributed by atoms with Crippen molar-refractivity contribution in [2.24, 2.45) is 0 Å². The molecule has 3 atom stereocenters. The number of alkyl carbamates (subject to hydrolysis) is 1.